The summed E-state index contributed by atoms with van der Waals surface area (Å²) in [6.07, 6.45) is 7.58. The molecule has 0 aromatic carbocycles. The highest BCUT2D eigenvalue weighted by atomic mass is 127. The molecule has 1 nitrogen and oxygen atoms in total. The molecular formula is C10H15IO. The lowest BCUT2D eigenvalue weighted by atomic mass is 9.94. The molecule has 2 saturated carbocycles. The minimum Gasteiger partial charge on any atom is -0.371 e. The first-order chi connectivity index (χ1) is 5.84. The Hall–Kier alpha value is 0.690. The molecule has 0 aromatic heterocycles. The second-order valence-electron chi connectivity index (χ2n) is 4.64. The van der Waals surface area contributed by atoms with Gasteiger partial charge in [0.1, 0.15) is 0 Å². The van der Waals surface area contributed by atoms with Crippen LogP contribution in [-0.4, -0.2) is 16.1 Å². The first kappa shape index (κ1) is 8.04. The van der Waals surface area contributed by atoms with Gasteiger partial charge < -0.3 is 4.74 Å². The molecule has 4 unspecified atom stereocenters. The second-order valence-corrected chi connectivity index (χ2v) is 5.52. The van der Waals surface area contributed by atoms with E-state index in [1.165, 1.54) is 36.5 Å². The Morgan fingerprint density at radius 3 is 2.67 bits per heavy atom. The summed E-state index contributed by atoms with van der Waals surface area (Å²) in [4.78, 5) is 0. The van der Waals surface area contributed by atoms with Gasteiger partial charge in [-0.1, -0.05) is 22.6 Å². The summed E-state index contributed by atoms with van der Waals surface area (Å²) in [5.41, 5.74) is 0.389. The first-order valence-corrected chi connectivity index (χ1v) is 6.60. The summed E-state index contributed by atoms with van der Waals surface area (Å²) in [5, 5.41) is 0. The molecule has 68 valence electrons. The van der Waals surface area contributed by atoms with Crippen LogP contribution in [0.15, 0.2) is 0 Å². The topological polar surface area (TPSA) is 9.23 Å². The van der Waals surface area contributed by atoms with Gasteiger partial charge in [-0.25, -0.2) is 0 Å². The maximum absolute atomic E-state index is 6.21. The average molecular weight is 278 g/mol. The molecule has 3 fully saturated rings. The van der Waals surface area contributed by atoms with E-state index in [4.69, 9.17) is 4.74 Å². The summed E-state index contributed by atoms with van der Waals surface area (Å²) in [7, 11) is 0. The molecule has 1 spiro atoms. The van der Waals surface area contributed by atoms with Crippen molar-refractivity contribution in [3.8, 4) is 0 Å². The lowest BCUT2D eigenvalue weighted by molar-refractivity contribution is -0.0416. The Morgan fingerprint density at radius 1 is 1.33 bits per heavy atom. The minimum absolute atomic E-state index is 0.389. The van der Waals surface area contributed by atoms with Crippen molar-refractivity contribution in [2.75, 3.05) is 4.43 Å². The monoisotopic (exact) mass is 278 g/mol. The highest BCUT2D eigenvalue weighted by molar-refractivity contribution is 14.1. The lowest BCUT2D eigenvalue weighted by Crippen LogP contribution is -2.29. The van der Waals surface area contributed by atoms with E-state index >= 15 is 0 Å². The molecule has 1 heterocycles. The Morgan fingerprint density at radius 2 is 2.17 bits per heavy atom. The van der Waals surface area contributed by atoms with Gasteiger partial charge in [0.2, 0.25) is 0 Å². The molecule has 0 aromatic rings. The lowest BCUT2D eigenvalue weighted by Gasteiger charge is -2.25. The molecule has 1 saturated heterocycles. The van der Waals surface area contributed by atoms with Gasteiger partial charge in [-0.3, -0.25) is 0 Å². The van der Waals surface area contributed by atoms with E-state index in [0.29, 0.717) is 11.7 Å². The predicted octanol–water partition coefficient (Wildman–Crippen LogP) is 2.77. The van der Waals surface area contributed by atoms with Crippen LogP contribution in [0.4, 0.5) is 0 Å². The summed E-state index contributed by atoms with van der Waals surface area (Å²) >= 11 is 2.45. The zero-order chi connectivity index (χ0) is 8.18. The number of rotatable bonds is 1. The van der Waals surface area contributed by atoms with Gasteiger partial charge in [-0.15, -0.1) is 0 Å². The molecule has 2 heteroatoms. The Kier molecular flexibility index (Phi) is 1.74. The molecule has 0 N–H and O–H groups in total. The van der Waals surface area contributed by atoms with Crippen LogP contribution in [-0.2, 0) is 4.74 Å². The minimum atomic E-state index is 0.389. The number of halogens is 1. The van der Waals surface area contributed by atoms with Gasteiger partial charge in [-0.05, 0) is 43.9 Å². The van der Waals surface area contributed by atoms with Crippen molar-refractivity contribution < 1.29 is 4.74 Å². The van der Waals surface area contributed by atoms with Crippen LogP contribution in [0.1, 0.15) is 32.1 Å². The van der Waals surface area contributed by atoms with Crippen LogP contribution < -0.4 is 0 Å². The molecule has 4 atom stereocenters. The van der Waals surface area contributed by atoms with Gasteiger partial charge >= 0.3 is 0 Å². The third kappa shape index (κ3) is 0.999. The second kappa shape index (κ2) is 2.59. The Bertz CT molecular complexity index is 206. The third-order valence-corrected chi connectivity index (χ3v) is 4.98. The molecular weight excluding hydrogens is 263 g/mol. The summed E-state index contributed by atoms with van der Waals surface area (Å²) in [5.74, 6) is 2.04. The van der Waals surface area contributed by atoms with Gasteiger partial charge in [0.15, 0.2) is 0 Å². The maximum Gasteiger partial charge on any atom is 0.0718 e. The van der Waals surface area contributed by atoms with Crippen molar-refractivity contribution in [1.82, 2.24) is 0 Å². The fourth-order valence-corrected chi connectivity index (χ4v) is 3.87. The molecule has 3 rings (SSSR count). The standard InChI is InChI=1S/C10H15IO/c11-6-8-2-4-10(12-8)3-1-7-5-9(7)10/h7-9H,1-6H2. The van der Waals surface area contributed by atoms with E-state index in [1.54, 1.807) is 0 Å². The smallest absolute Gasteiger partial charge is 0.0718 e. The van der Waals surface area contributed by atoms with Crippen LogP contribution in [0, 0.1) is 11.8 Å². The zero-order valence-electron chi connectivity index (χ0n) is 7.26. The number of fused-ring (bicyclic) bond motifs is 2. The SMILES string of the molecule is ICC1CCC2(CCC3CC32)O1. The highest BCUT2D eigenvalue weighted by Crippen LogP contribution is 2.62. The number of hydrogen-bond acceptors (Lipinski definition) is 1. The number of alkyl halides is 1. The van der Waals surface area contributed by atoms with E-state index in [2.05, 4.69) is 22.6 Å². The van der Waals surface area contributed by atoms with Crippen LogP contribution in [0.2, 0.25) is 0 Å². The largest absolute Gasteiger partial charge is 0.371 e. The van der Waals surface area contributed by atoms with Gasteiger partial charge in [-0.2, -0.15) is 0 Å². The normalized spacial score (nSPS) is 56.2. The van der Waals surface area contributed by atoms with Crippen LogP contribution >= 0.6 is 22.6 Å². The van der Waals surface area contributed by atoms with E-state index in [9.17, 15) is 0 Å². The fourth-order valence-electron chi connectivity index (χ4n) is 3.25. The van der Waals surface area contributed by atoms with Gasteiger partial charge in [0.25, 0.3) is 0 Å². The number of hydrogen-bond donors (Lipinski definition) is 0. The van der Waals surface area contributed by atoms with Crippen molar-refractivity contribution in [2.45, 2.75) is 43.8 Å². The molecule has 0 bridgehead atoms. The van der Waals surface area contributed by atoms with Gasteiger partial charge in [0.05, 0.1) is 11.7 Å². The zero-order valence-corrected chi connectivity index (χ0v) is 9.42. The molecule has 12 heavy (non-hydrogen) atoms. The molecule has 0 amide bonds. The van der Waals surface area contributed by atoms with Crippen molar-refractivity contribution in [3.05, 3.63) is 0 Å². The van der Waals surface area contributed by atoms with Crippen molar-refractivity contribution in [2.24, 2.45) is 11.8 Å². The van der Waals surface area contributed by atoms with Crippen molar-refractivity contribution in [1.29, 1.82) is 0 Å². The summed E-state index contributed by atoms with van der Waals surface area (Å²) in [6.45, 7) is 0. The van der Waals surface area contributed by atoms with Gasteiger partial charge in [0, 0.05) is 4.43 Å². The average Bonchev–Trinajstić information content (AvgIpc) is 2.68. The van der Waals surface area contributed by atoms with E-state index in [0.717, 1.165) is 11.8 Å². The Balaban J connectivity index is 1.76. The van der Waals surface area contributed by atoms with E-state index < -0.39 is 0 Å². The fraction of sp³-hybridized carbons (Fsp3) is 1.00. The van der Waals surface area contributed by atoms with Crippen LogP contribution in [0.5, 0.6) is 0 Å². The van der Waals surface area contributed by atoms with E-state index in [-0.39, 0.29) is 0 Å². The molecule has 2 aliphatic carbocycles. The van der Waals surface area contributed by atoms with Crippen LogP contribution in [0.3, 0.4) is 0 Å². The van der Waals surface area contributed by atoms with Crippen molar-refractivity contribution >= 4 is 22.6 Å². The maximum atomic E-state index is 6.21. The van der Waals surface area contributed by atoms with E-state index in [1.807, 2.05) is 0 Å². The third-order valence-electron chi connectivity index (χ3n) is 4.00. The highest BCUT2D eigenvalue weighted by Gasteiger charge is 2.60. The molecule has 0 radical (unpaired) electrons. The van der Waals surface area contributed by atoms with Crippen LogP contribution in [0.25, 0.3) is 0 Å². The summed E-state index contributed by atoms with van der Waals surface area (Å²) < 4.78 is 7.40. The van der Waals surface area contributed by atoms with Crippen molar-refractivity contribution in [3.63, 3.8) is 0 Å². The molecule has 3 aliphatic rings. The first-order valence-electron chi connectivity index (χ1n) is 5.08. The predicted molar refractivity (Wildman–Crippen MR) is 56.6 cm³/mol. The number of ether oxygens (including phenoxy) is 1. The summed E-state index contributed by atoms with van der Waals surface area (Å²) in [6, 6.07) is 0. The Labute approximate surface area is 87.4 Å². The quantitative estimate of drug-likeness (QED) is 0.529. The molecule has 1 aliphatic heterocycles.